The van der Waals surface area contributed by atoms with Gasteiger partial charge >= 0.3 is 0 Å². The molecule has 1 amide bonds. The first-order valence-corrected chi connectivity index (χ1v) is 7.31. The van der Waals surface area contributed by atoms with E-state index < -0.39 is 10.0 Å². The summed E-state index contributed by atoms with van der Waals surface area (Å²) in [5, 5.41) is -0.236. The van der Waals surface area contributed by atoms with Crippen LogP contribution in [0.25, 0.3) is 0 Å². The van der Waals surface area contributed by atoms with Gasteiger partial charge in [0.25, 0.3) is 15.9 Å². The molecule has 1 aromatic heterocycles. The first-order valence-electron chi connectivity index (χ1n) is 5.82. The summed E-state index contributed by atoms with van der Waals surface area (Å²) in [5.41, 5.74) is 0.276. The Labute approximate surface area is 106 Å². The van der Waals surface area contributed by atoms with Gasteiger partial charge in [0.2, 0.25) is 5.09 Å². The summed E-state index contributed by atoms with van der Waals surface area (Å²) >= 11 is 0. The quantitative estimate of drug-likeness (QED) is 0.860. The van der Waals surface area contributed by atoms with Crippen molar-refractivity contribution < 1.29 is 17.6 Å². The van der Waals surface area contributed by atoms with Crippen LogP contribution in [0.2, 0.25) is 0 Å². The zero-order valence-electron chi connectivity index (χ0n) is 10.3. The Balaban J connectivity index is 2.22. The molecular formula is C11H16N2O4S. The Morgan fingerprint density at radius 2 is 2.22 bits per heavy atom. The van der Waals surface area contributed by atoms with E-state index in [1.165, 1.54) is 19.4 Å². The Bertz CT molecular complexity index is 545. The van der Waals surface area contributed by atoms with Gasteiger partial charge in [0.15, 0.2) is 0 Å². The van der Waals surface area contributed by atoms with Crippen molar-refractivity contribution in [2.24, 2.45) is 0 Å². The fourth-order valence-electron chi connectivity index (χ4n) is 1.79. The Morgan fingerprint density at radius 1 is 1.56 bits per heavy atom. The number of nitrogens with zero attached hydrogens (tertiary/aromatic N) is 1. The average molecular weight is 272 g/mol. The first-order chi connectivity index (χ1) is 8.49. The molecule has 18 heavy (non-hydrogen) atoms. The van der Waals surface area contributed by atoms with Gasteiger partial charge in [-0.2, -0.15) is 0 Å². The molecule has 0 unspecified atom stereocenters. The van der Waals surface area contributed by atoms with E-state index in [9.17, 15) is 13.2 Å². The second-order valence-electron chi connectivity index (χ2n) is 4.18. The Morgan fingerprint density at radius 3 is 2.72 bits per heavy atom. The van der Waals surface area contributed by atoms with Crippen LogP contribution >= 0.6 is 0 Å². The van der Waals surface area contributed by atoms with Crippen LogP contribution in [0.15, 0.2) is 21.8 Å². The highest BCUT2D eigenvalue weighted by molar-refractivity contribution is 7.89. The summed E-state index contributed by atoms with van der Waals surface area (Å²) in [6.07, 6.45) is 3.22. The van der Waals surface area contributed by atoms with E-state index in [0.29, 0.717) is 12.6 Å². The van der Waals surface area contributed by atoms with E-state index >= 15 is 0 Å². The summed E-state index contributed by atoms with van der Waals surface area (Å²) < 4.78 is 30.1. The van der Waals surface area contributed by atoms with Gasteiger partial charge in [-0.05, 0) is 26.8 Å². The highest BCUT2D eigenvalue weighted by Gasteiger charge is 2.33. The van der Waals surface area contributed by atoms with Crippen molar-refractivity contribution in [3.05, 3.63) is 17.9 Å². The van der Waals surface area contributed by atoms with Crippen LogP contribution in [0.3, 0.4) is 0 Å². The number of carbonyl (C=O) groups is 1. The van der Waals surface area contributed by atoms with Crippen molar-refractivity contribution in [3.63, 3.8) is 0 Å². The summed E-state index contributed by atoms with van der Waals surface area (Å²) in [4.78, 5) is 13.9. The van der Waals surface area contributed by atoms with Crippen LogP contribution in [0.5, 0.6) is 0 Å². The molecule has 7 heteroatoms. The van der Waals surface area contributed by atoms with Crippen molar-refractivity contribution in [2.45, 2.75) is 30.9 Å². The van der Waals surface area contributed by atoms with Crippen LogP contribution in [0.4, 0.5) is 0 Å². The minimum atomic E-state index is -3.64. The highest BCUT2D eigenvalue weighted by Crippen LogP contribution is 2.28. The molecule has 0 spiro atoms. The predicted octanol–water partition coefficient (Wildman–Crippen LogP) is 0.812. The minimum absolute atomic E-state index is 0.179. The first kappa shape index (κ1) is 13.1. The normalized spacial score (nSPS) is 15.7. The molecule has 0 aliphatic heterocycles. The number of rotatable bonds is 5. The lowest BCUT2D eigenvalue weighted by Crippen LogP contribution is -2.32. The van der Waals surface area contributed by atoms with E-state index in [-0.39, 0.29) is 16.6 Å². The zero-order chi connectivity index (χ0) is 13.3. The largest absolute Gasteiger partial charge is 0.451 e. The number of carbonyl (C=O) groups excluding carboxylic acids is 1. The molecule has 2 rings (SSSR count). The van der Waals surface area contributed by atoms with E-state index in [1.807, 2.05) is 6.92 Å². The van der Waals surface area contributed by atoms with Gasteiger partial charge in [-0.3, -0.25) is 4.79 Å². The molecule has 0 aromatic carbocycles. The van der Waals surface area contributed by atoms with Crippen molar-refractivity contribution in [3.8, 4) is 0 Å². The monoisotopic (exact) mass is 272 g/mol. The third-order valence-electron chi connectivity index (χ3n) is 2.95. The lowest BCUT2D eigenvalue weighted by atomic mass is 10.3. The molecule has 0 radical (unpaired) electrons. The summed E-state index contributed by atoms with van der Waals surface area (Å²) in [6.45, 7) is 2.52. The molecule has 0 saturated heterocycles. The SMILES string of the molecule is CCN(C(=O)c1coc(S(=O)(=O)NC)c1)C1CC1. The van der Waals surface area contributed by atoms with Crippen LogP contribution in [-0.2, 0) is 10.0 Å². The van der Waals surface area contributed by atoms with Crippen LogP contribution in [-0.4, -0.2) is 38.9 Å². The zero-order valence-corrected chi connectivity index (χ0v) is 11.2. The maximum absolute atomic E-state index is 12.1. The van der Waals surface area contributed by atoms with Crippen molar-refractivity contribution >= 4 is 15.9 Å². The molecule has 1 N–H and O–H groups in total. The number of hydrogen-bond donors (Lipinski definition) is 1. The maximum atomic E-state index is 12.1. The van der Waals surface area contributed by atoms with Gasteiger partial charge < -0.3 is 9.32 Å². The number of nitrogens with one attached hydrogen (secondary N) is 1. The molecule has 0 atom stereocenters. The second-order valence-corrected chi connectivity index (χ2v) is 6.00. The van der Waals surface area contributed by atoms with E-state index in [1.54, 1.807) is 4.90 Å². The van der Waals surface area contributed by atoms with E-state index in [4.69, 9.17) is 4.42 Å². The van der Waals surface area contributed by atoms with Gasteiger partial charge in [-0.1, -0.05) is 0 Å². The van der Waals surface area contributed by atoms with Crippen LogP contribution in [0.1, 0.15) is 30.1 Å². The molecule has 1 saturated carbocycles. The number of hydrogen-bond acceptors (Lipinski definition) is 4. The fraction of sp³-hybridized carbons (Fsp3) is 0.545. The van der Waals surface area contributed by atoms with Gasteiger partial charge in [-0.15, -0.1) is 0 Å². The molecule has 1 fully saturated rings. The van der Waals surface area contributed by atoms with Gasteiger partial charge in [0.05, 0.1) is 5.56 Å². The smallest absolute Gasteiger partial charge is 0.273 e. The summed E-state index contributed by atoms with van der Waals surface area (Å²) in [6, 6.07) is 1.56. The Hall–Kier alpha value is -1.34. The Kier molecular flexibility index (Phi) is 3.45. The lowest BCUT2D eigenvalue weighted by molar-refractivity contribution is 0.0752. The van der Waals surface area contributed by atoms with E-state index in [2.05, 4.69) is 4.72 Å². The fourth-order valence-corrected chi connectivity index (χ4v) is 2.45. The standard InChI is InChI=1S/C11H16N2O4S/c1-3-13(9-4-5-9)11(14)8-6-10(17-7-8)18(15,16)12-2/h6-7,9,12H,3-5H2,1-2H3. The highest BCUT2D eigenvalue weighted by atomic mass is 32.2. The second kappa shape index (κ2) is 4.74. The number of furan rings is 1. The maximum Gasteiger partial charge on any atom is 0.273 e. The predicted molar refractivity (Wildman–Crippen MR) is 64.7 cm³/mol. The third-order valence-corrected chi connectivity index (χ3v) is 4.23. The molecular weight excluding hydrogens is 256 g/mol. The molecule has 1 aliphatic rings. The molecule has 0 bridgehead atoms. The van der Waals surface area contributed by atoms with Gasteiger partial charge in [-0.25, -0.2) is 13.1 Å². The minimum Gasteiger partial charge on any atom is -0.451 e. The van der Waals surface area contributed by atoms with Crippen molar-refractivity contribution in [1.29, 1.82) is 0 Å². The van der Waals surface area contributed by atoms with E-state index in [0.717, 1.165) is 12.8 Å². The summed E-state index contributed by atoms with van der Waals surface area (Å²) in [5.74, 6) is -0.179. The third kappa shape index (κ3) is 2.41. The van der Waals surface area contributed by atoms with Crippen LogP contribution < -0.4 is 4.72 Å². The molecule has 1 heterocycles. The van der Waals surface area contributed by atoms with Gasteiger partial charge in [0, 0.05) is 18.7 Å². The van der Waals surface area contributed by atoms with Gasteiger partial charge in [0.1, 0.15) is 6.26 Å². The average Bonchev–Trinajstić information content (AvgIpc) is 3.05. The summed E-state index contributed by atoms with van der Waals surface area (Å²) in [7, 11) is -2.34. The van der Waals surface area contributed by atoms with Crippen molar-refractivity contribution in [2.75, 3.05) is 13.6 Å². The molecule has 100 valence electrons. The van der Waals surface area contributed by atoms with Crippen molar-refractivity contribution in [1.82, 2.24) is 9.62 Å². The number of amides is 1. The van der Waals surface area contributed by atoms with Crippen LogP contribution in [0, 0.1) is 0 Å². The number of sulfonamides is 1. The molecule has 6 nitrogen and oxygen atoms in total. The molecule has 1 aliphatic carbocycles. The topological polar surface area (TPSA) is 79.6 Å². The molecule has 1 aromatic rings. The lowest BCUT2D eigenvalue weighted by Gasteiger charge is -2.19.